The Hall–Kier alpha value is -2.25. The van der Waals surface area contributed by atoms with Crippen LogP contribution < -0.4 is 0 Å². The fraction of sp³-hybridized carbons (Fsp3) is 0.118. The normalized spacial score (nSPS) is 12.3. The molecule has 0 aromatic heterocycles. The van der Waals surface area contributed by atoms with E-state index in [-0.39, 0.29) is 10.5 Å². The maximum Gasteiger partial charge on any atom is 0.339 e. The molecule has 0 unspecified atom stereocenters. The number of allylic oxidation sites excluding steroid dienone is 1. The summed E-state index contributed by atoms with van der Waals surface area (Å²) in [6.45, 7) is 1.75. The van der Waals surface area contributed by atoms with E-state index in [0.717, 1.165) is 11.6 Å². The summed E-state index contributed by atoms with van der Waals surface area (Å²) in [5, 5.41) is 0.395. The fourth-order valence-electron chi connectivity index (χ4n) is 1.83. The van der Waals surface area contributed by atoms with E-state index >= 15 is 0 Å². The molecule has 0 spiro atoms. The molecule has 0 radical (unpaired) electrons. The number of hydrogen-bond donors (Lipinski definition) is 0. The lowest BCUT2D eigenvalue weighted by Gasteiger charge is -2.10. The van der Waals surface area contributed by atoms with E-state index in [1.807, 2.05) is 0 Å². The van der Waals surface area contributed by atoms with Crippen LogP contribution in [0.1, 0.15) is 11.1 Å². The summed E-state index contributed by atoms with van der Waals surface area (Å²) in [5.41, 5.74) is 1.09. The molecule has 132 valence electrons. The highest BCUT2D eigenvalue weighted by Gasteiger charge is 2.28. The first kappa shape index (κ1) is 19.1. The van der Waals surface area contributed by atoms with Crippen LogP contribution in [-0.2, 0) is 19.1 Å². The van der Waals surface area contributed by atoms with Gasteiger partial charge in [-0.3, -0.25) is 4.79 Å². The van der Waals surface area contributed by atoms with Gasteiger partial charge in [-0.2, -0.15) is 8.42 Å². The highest BCUT2D eigenvalue weighted by molar-refractivity contribution is 7.86. The predicted octanol–water partition coefficient (Wildman–Crippen LogP) is 4.23. The maximum atomic E-state index is 12.8. The molecule has 2 rings (SSSR count). The van der Waals surface area contributed by atoms with Crippen LogP contribution in [0.15, 0.2) is 59.2 Å². The average molecular weight is 387 g/mol. The Balaban J connectivity index is 2.40. The van der Waals surface area contributed by atoms with Gasteiger partial charge in [0.25, 0.3) is 5.78 Å². The highest BCUT2D eigenvalue weighted by Crippen LogP contribution is 2.21. The van der Waals surface area contributed by atoms with Gasteiger partial charge in [-0.25, -0.2) is 8.78 Å². The minimum Gasteiger partial charge on any atom is -0.375 e. The van der Waals surface area contributed by atoms with Crippen molar-refractivity contribution in [3.8, 4) is 0 Å². The van der Waals surface area contributed by atoms with Crippen molar-refractivity contribution < 1.29 is 26.2 Å². The van der Waals surface area contributed by atoms with Gasteiger partial charge in [-0.1, -0.05) is 41.4 Å². The quantitative estimate of drug-likeness (QED) is 0.423. The Morgan fingerprint density at radius 3 is 2.16 bits per heavy atom. The van der Waals surface area contributed by atoms with Crippen molar-refractivity contribution in [1.82, 2.24) is 0 Å². The molecule has 0 aliphatic rings. The van der Waals surface area contributed by atoms with Gasteiger partial charge in [0.2, 0.25) is 0 Å². The second kappa shape index (κ2) is 7.76. The van der Waals surface area contributed by atoms with Gasteiger partial charge >= 0.3 is 16.5 Å². The molecule has 0 fully saturated rings. The molecule has 0 atom stereocenters. The second-order valence-electron chi connectivity index (χ2n) is 5.08. The van der Waals surface area contributed by atoms with Gasteiger partial charge in [0.05, 0.1) is 0 Å². The molecule has 0 N–H and O–H groups in total. The minimum absolute atomic E-state index is 0.248. The summed E-state index contributed by atoms with van der Waals surface area (Å²) in [7, 11) is -4.43. The van der Waals surface area contributed by atoms with Gasteiger partial charge in [-0.05, 0) is 42.8 Å². The maximum absolute atomic E-state index is 12.8. The molecule has 2 aromatic carbocycles. The summed E-state index contributed by atoms with van der Waals surface area (Å²) in [4.78, 5) is 11.4. The van der Waals surface area contributed by atoms with Crippen LogP contribution in [0.2, 0.25) is 5.02 Å². The molecule has 8 heteroatoms. The number of halogens is 3. The zero-order valence-electron chi connectivity index (χ0n) is 12.9. The zero-order valence-corrected chi connectivity index (χ0v) is 14.5. The van der Waals surface area contributed by atoms with E-state index in [4.69, 9.17) is 15.8 Å². The third-order valence-electron chi connectivity index (χ3n) is 3.12. The van der Waals surface area contributed by atoms with Crippen LogP contribution >= 0.6 is 11.6 Å². The molecule has 0 aliphatic carbocycles. The number of Topliss-reactive ketones (excluding diaryl/α,β-unsaturated/α-hetero) is 1. The summed E-state index contributed by atoms with van der Waals surface area (Å²) in [6.07, 6.45) is -2.48. The topological polar surface area (TPSA) is 60.4 Å². The van der Waals surface area contributed by atoms with Crippen LogP contribution in [0.3, 0.4) is 0 Å². The molecule has 0 amide bonds. The molecule has 2 aromatic rings. The number of hydrogen-bond acceptors (Lipinski definition) is 4. The number of ketones is 1. The van der Waals surface area contributed by atoms with Crippen LogP contribution in [-0.4, -0.2) is 20.6 Å². The molecular weight excluding hydrogens is 374 g/mol. The lowest BCUT2D eigenvalue weighted by atomic mass is 10.2. The Morgan fingerprint density at radius 2 is 1.64 bits per heavy atom. The van der Waals surface area contributed by atoms with Crippen molar-refractivity contribution >= 4 is 33.6 Å². The van der Waals surface area contributed by atoms with Crippen LogP contribution in [0.4, 0.5) is 8.78 Å². The van der Waals surface area contributed by atoms with Crippen molar-refractivity contribution in [2.24, 2.45) is 0 Å². The van der Waals surface area contributed by atoms with Gasteiger partial charge in [-0.15, -0.1) is 0 Å². The van der Waals surface area contributed by atoms with Gasteiger partial charge in [0, 0.05) is 5.02 Å². The van der Waals surface area contributed by atoms with E-state index in [9.17, 15) is 22.0 Å². The predicted molar refractivity (Wildman–Crippen MR) is 89.9 cm³/mol. The Labute approximate surface area is 148 Å². The monoisotopic (exact) mass is 386 g/mol. The van der Waals surface area contributed by atoms with Gasteiger partial charge in [0.15, 0.2) is 5.76 Å². The Bertz CT molecular complexity index is 889. The van der Waals surface area contributed by atoms with Crippen molar-refractivity contribution in [2.75, 3.05) is 0 Å². The Morgan fingerprint density at radius 1 is 1.08 bits per heavy atom. The van der Waals surface area contributed by atoms with Crippen molar-refractivity contribution in [2.45, 2.75) is 18.2 Å². The van der Waals surface area contributed by atoms with E-state index in [1.165, 1.54) is 48.5 Å². The highest BCUT2D eigenvalue weighted by atomic mass is 35.5. The van der Waals surface area contributed by atoms with Crippen molar-refractivity contribution in [1.29, 1.82) is 0 Å². The molecule has 0 saturated carbocycles. The number of aryl methyl sites for hydroxylation is 1. The molecule has 4 nitrogen and oxygen atoms in total. The molecule has 25 heavy (non-hydrogen) atoms. The standard InChI is InChI=1S/C17H13ClF2O4S/c1-11-2-8-14(9-3-11)25(22,23)24-15(16(21)17(19)20)10-12-4-6-13(18)7-5-12/h2-10,17H,1H3/b15-10-. The lowest BCUT2D eigenvalue weighted by molar-refractivity contribution is -0.127. The fourth-order valence-corrected chi connectivity index (χ4v) is 2.88. The third kappa shape index (κ3) is 5.11. The molecular formula is C17H13ClF2O4S. The van der Waals surface area contributed by atoms with E-state index < -0.39 is 28.1 Å². The van der Waals surface area contributed by atoms with E-state index in [2.05, 4.69) is 0 Å². The lowest BCUT2D eigenvalue weighted by Crippen LogP contribution is -2.18. The smallest absolute Gasteiger partial charge is 0.339 e. The van der Waals surface area contributed by atoms with Crippen LogP contribution in [0.5, 0.6) is 0 Å². The second-order valence-corrected chi connectivity index (χ2v) is 7.06. The zero-order chi connectivity index (χ0) is 18.6. The molecule has 0 bridgehead atoms. The SMILES string of the molecule is Cc1ccc(S(=O)(=O)O/C(=C\c2ccc(Cl)cc2)C(=O)C(F)F)cc1. The average Bonchev–Trinajstić information content (AvgIpc) is 2.55. The largest absolute Gasteiger partial charge is 0.375 e. The first-order valence-corrected chi connectivity index (χ1v) is 8.78. The number of carbonyl (C=O) groups excluding carboxylic acids is 1. The number of rotatable bonds is 6. The Kier molecular flexibility index (Phi) is 5.92. The van der Waals surface area contributed by atoms with Crippen LogP contribution in [0, 0.1) is 6.92 Å². The van der Waals surface area contributed by atoms with Gasteiger partial charge < -0.3 is 4.18 Å². The molecule has 0 saturated heterocycles. The molecule has 0 aliphatic heterocycles. The summed E-state index contributed by atoms with van der Waals surface area (Å²) >= 11 is 5.73. The summed E-state index contributed by atoms with van der Waals surface area (Å²) in [5.74, 6) is -2.71. The van der Waals surface area contributed by atoms with Crippen LogP contribution in [0.25, 0.3) is 6.08 Å². The van der Waals surface area contributed by atoms with E-state index in [0.29, 0.717) is 5.02 Å². The number of benzene rings is 2. The number of alkyl halides is 2. The third-order valence-corrected chi connectivity index (χ3v) is 4.62. The first-order valence-electron chi connectivity index (χ1n) is 7.00. The van der Waals surface area contributed by atoms with Gasteiger partial charge in [0.1, 0.15) is 4.90 Å². The summed E-state index contributed by atoms with van der Waals surface area (Å²) < 4.78 is 54.8. The summed E-state index contributed by atoms with van der Waals surface area (Å²) in [6, 6.07) is 11.4. The number of carbonyl (C=O) groups is 1. The van der Waals surface area contributed by atoms with Crippen molar-refractivity contribution in [3.63, 3.8) is 0 Å². The first-order chi connectivity index (χ1) is 11.7. The van der Waals surface area contributed by atoms with E-state index in [1.54, 1.807) is 6.92 Å². The molecule has 0 heterocycles. The van der Waals surface area contributed by atoms with Crippen molar-refractivity contribution in [3.05, 3.63) is 70.4 Å². The minimum atomic E-state index is -4.43.